The molecule has 1 fully saturated rings. The average Bonchev–Trinajstić information content (AvgIpc) is 2.99. The molecular weight excluding hydrogens is 314 g/mol. The largest absolute Gasteiger partial charge is 0.243 e. The van der Waals surface area contributed by atoms with E-state index in [1.54, 1.807) is 19.2 Å². The van der Waals surface area contributed by atoms with Gasteiger partial charge in [0.2, 0.25) is 10.0 Å². The lowest BCUT2D eigenvalue weighted by molar-refractivity contribution is 0.394. The van der Waals surface area contributed by atoms with E-state index in [1.807, 2.05) is 24.8 Å². The summed E-state index contributed by atoms with van der Waals surface area (Å²) >= 11 is 7.74. The molecule has 1 heterocycles. The van der Waals surface area contributed by atoms with E-state index in [4.69, 9.17) is 11.6 Å². The van der Waals surface area contributed by atoms with Gasteiger partial charge in [0.1, 0.15) is 0 Å². The summed E-state index contributed by atoms with van der Waals surface area (Å²) in [6.07, 6.45) is 1.79. The quantitative estimate of drug-likeness (QED) is 0.777. The summed E-state index contributed by atoms with van der Waals surface area (Å²) in [7, 11) is -1.74. The molecule has 2 rings (SSSR count). The minimum Gasteiger partial charge on any atom is -0.207 e. The van der Waals surface area contributed by atoms with Gasteiger partial charge in [-0.3, -0.25) is 0 Å². The number of hydrogen-bond acceptors (Lipinski definition) is 3. The van der Waals surface area contributed by atoms with Crippen LogP contribution in [0.2, 0.25) is 0 Å². The highest BCUT2D eigenvalue weighted by Gasteiger charge is 2.30. The molecule has 112 valence electrons. The van der Waals surface area contributed by atoms with Gasteiger partial charge >= 0.3 is 0 Å². The van der Waals surface area contributed by atoms with Crippen molar-refractivity contribution in [3.63, 3.8) is 0 Å². The molecule has 20 heavy (non-hydrogen) atoms. The van der Waals surface area contributed by atoms with Gasteiger partial charge in [-0.1, -0.05) is 13.0 Å². The van der Waals surface area contributed by atoms with Crippen LogP contribution >= 0.6 is 23.4 Å². The lowest BCUT2D eigenvalue weighted by Gasteiger charge is -2.23. The van der Waals surface area contributed by atoms with Crippen LogP contribution in [0.15, 0.2) is 23.1 Å². The van der Waals surface area contributed by atoms with E-state index in [0.29, 0.717) is 10.8 Å². The Balaban J connectivity index is 2.33. The molecule has 0 N–H and O–H groups in total. The summed E-state index contributed by atoms with van der Waals surface area (Å²) < 4.78 is 26.8. The summed E-state index contributed by atoms with van der Waals surface area (Å²) in [6, 6.07) is 5.40. The molecule has 1 aliphatic rings. The fourth-order valence-electron chi connectivity index (χ4n) is 2.40. The lowest BCUT2D eigenvalue weighted by Crippen LogP contribution is -2.37. The van der Waals surface area contributed by atoms with Crippen LogP contribution in [0.3, 0.4) is 0 Å². The standard InChI is InChI=1S/C14H20ClNO2S2/c1-3-11-4-5-14(8-12(11)9-15)20(17,18)16(2)13-6-7-19-10-13/h4-5,8,13H,3,6-7,9-10H2,1-2H3. The minimum atomic E-state index is -3.42. The maximum absolute atomic E-state index is 12.7. The number of halogens is 1. The van der Waals surface area contributed by atoms with Crippen molar-refractivity contribution >= 4 is 33.4 Å². The molecule has 1 aliphatic heterocycles. The van der Waals surface area contributed by atoms with Crippen LogP contribution in [0.5, 0.6) is 0 Å². The number of alkyl halides is 1. The highest BCUT2D eigenvalue weighted by molar-refractivity contribution is 7.99. The minimum absolute atomic E-state index is 0.107. The lowest BCUT2D eigenvalue weighted by atomic mass is 10.1. The highest BCUT2D eigenvalue weighted by Crippen LogP contribution is 2.27. The summed E-state index contributed by atoms with van der Waals surface area (Å²) in [4.78, 5) is 0.352. The van der Waals surface area contributed by atoms with Crippen molar-refractivity contribution in [1.82, 2.24) is 4.31 Å². The Bertz CT molecular complexity index is 569. The van der Waals surface area contributed by atoms with Crippen molar-refractivity contribution in [2.45, 2.75) is 36.6 Å². The Hall–Kier alpha value is -0.230. The Labute approximate surface area is 130 Å². The van der Waals surface area contributed by atoms with Crippen molar-refractivity contribution in [3.05, 3.63) is 29.3 Å². The van der Waals surface area contributed by atoms with E-state index in [1.165, 1.54) is 4.31 Å². The number of nitrogens with zero attached hydrogens (tertiary/aromatic N) is 1. The Morgan fingerprint density at radius 1 is 1.40 bits per heavy atom. The number of hydrogen-bond donors (Lipinski definition) is 0. The summed E-state index contributed by atoms with van der Waals surface area (Å²) in [5, 5.41) is 0. The molecular formula is C14H20ClNO2S2. The van der Waals surface area contributed by atoms with Gasteiger partial charge in [0, 0.05) is 24.7 Å². The van der Waals surface area contributed by atoms with Gasteiger partial charge in [-0.05, 0) is 41.9 Å². The third-order valence-corrected chi connectivity index (χ3v) is 7.14. The van der Waals surface area contributed by atoms with Crippen molar-refractivity contribution in [3.8, 4) is 0 Å². The third-order valence-electron chi connectivity index (χ3n) is 3.80. The number of rotatable bonds is 5. The van der Waals surface area contributed by atoms with Gasteiger partial charge in [0.25, 0.3) is 0 Å². The molecule has 0 radical (unpaired) electrons. The SMILES string of the molecule is CCc1ccc(S(=O)(=O)N(C)C2CCSC2)cc1CCl. The second-order valence-electron chi connectivity index (χ2n) is 4.96. The molecule has 0 spiro atoms. The normalized spacial score (nSPS) is 19.7. The van der Waals surface area contributed by atoms with E-state index >= 15 is 0 Å². The van der Waals surface area contributed by atoms with Crippen LogP contribution in [0, 0.1) is 0 Å². The van der Waals surface area contributed by atoms with E-state index in [9.17, 15) is 8.42 Å². The van der Waals surface area contributed by atoms with E-state index in [0.717, 1.165) is 35.5 Å². The fourth-order valence-corrected chi connectivity index (χ4v) is 5.45. The molecule has 1 atom stereocenters. The molecule has 1 saturated heterocycles. The third kappa shape index (κ3) is 3.16. The Morgan fingerprint density at radius 2 is 2.15 bits per heavy atom. The maximum Gasteiger partial charge on any atom is 0.243 e. The topological polar surface area (TPSA) is 37.4 Å². The summed E-state index contributed by atoms with van der Waals surface area (Å²) in [5.41, 5.74) is 2.02. The first-order chi connectivity index (χ1) is 9.50. The van der Waals surface area contributed by atoms with Crippen LogP contribution in [0.4, 0.5) is 0 Å². The second kappa shape index (κ2) is 6.69. The zero-order valence-electron chi connectivity index (χ0n) is 11.8. The molecule has 0 aromatic heterocycles. The average molecular weight is 334 g/mol. The number of aryl methyl sites for hydroxylation is 1. The van der Waals surface area contributed by atoms with Crippen molar-refractivity contribution < 1.29 is 8.42 Å². The monoisotopic (exact) mass is 333 g/mol. The van der Waals surface area contributed by atoms with E-state index in [-0.39, 0.29) is 6.04 Å². The molecule has 6 heteroatoms. The fraction of sp³-hybridized carbons (Fsp3) is 0.571. The molecule has 0 aliphatic carbocycles. The van der Waals surface area contributed by atoms with E-state index < -0.39 is 10.0 Å². The summed E-state index contributed by atoms with van der Waals surface area (Å²) in [5.74, 6) is 2.26. The predicted molar refractivity (Wildman–Crippen MR) is 86.1 cm³/mol. The molecule has 0 bridgehead atoms. The maximum atomic E-state index is 12.7. The van der Waals surface area contributed by atoms with Gasteiger partial charge in [0.05, 0.1) is 4.90 Å². The van der Waals surface area contributed by atoms with Gasteiger partial charge in [-0.15, -0.1) is 11.6 Å². The van der Waals surface area contributed by atoms with Crippen molar-refractivity contribution in [1.29, 1.82) is 0 Å². The van der Waals surface area contributed by atoms with Crippen LogP contribution in [0.25, 0.3) is 0 Å². The van der Waals surface area contributed by atoms with Crippen molar-refractivity contribution in [2.75, 3.05) is 18.6 Å². The Morgan fingerprint density at radius 3 is 2.70 bits per heavy atom. The molecule has 1 aromatic carbocycles. The van der Waals surface area contributed by atoms with Crippen LogP contribution in [0.1, 0.15) is 24.5 Å². The zero-order chi connectivity index (χ0) is 14.8. The van der Waals surface area contributed by atoms with Gasteiger partial charge < -0.3 is 0 Å². The number of benzene rings is 1. The number of thioether (sulfide) groups is 1. The molecule has 1 aromatic rings. The van der Waals surface area contributed by atoms with Gasteiger partial charge in [0.15, 0.2) is 0 Å². The zero-order valence-corrected chi connectivity index (χ0v) is 14.2. The molecule has 0 saturated carbocycles. The number of sulfonamides is 1. The van der Waals surface area contributed by atoms with Crippen LogP contribution < -0.4 is 0 Å². The van der Waals surface area contributed by atoms with Gasteiger partial charge in [-0.2, -0.15) is 16.1 Å². The van der Waals surface area contributed by atoms with Crippen LogP contribution in [-0.4, -0.2) is 37.3 Å². The first kappa shape index (κ1) is 16.1. The highest BCUT2D eigenvalue weighted by atomic mass is 35.5. The second-order valence-corrected chi connectivity index (χ2v) is 8.37. The molecule has 1 unspecified atom stereocenters. The Kier molecular flexibility index (Phi) is 5.40. The summed E-state index contributed by atoms with van der Waals surface area (Å²) in [6.45, 7) is 2.04. The predicted octanol–water partition coefficient (Wildman–Crippen LogP) is 3.11. The van der Waals surface area contributed by atoms with Crippen LogP contribution in [-0.2, 0) is 22.3 Å². The smallest absolute Gasteiger partial charge is 0.207 e. The van der Waals surface area contributed by atoms with Gasteiger partial charge in [-0.25, -0.2) is 8.42 Å². The molecule has 3 nitrogen and oxygen atoms in total. The van der Waals surface area contributed by atoms with E-state index in [2.05, 4.69) is 0 Å². The first-order valence-electron chi connectivity index (χ1n) is 6.74. The first-order valence-corrected chi connectivity index (χ1v) is 9.87. The van der Waals surface area contributed by atoms with Crippen molar-refractivity contribution in [2.24, 2.45) is 0 Å². The molecule has 0 amide bonds.